The van der Waals surface area contributed by atoms with Crippen LogP contribution < -0.4 is 5.32 Å². The zero-order valence-electron chi connectivity index (χ0n) is 12.6. The van der Waals surface area contributed by atoms with E-state index in [1.54, 1.807) is 12.1 Å². The topological polar surface area (TPSA) is 12.0 Å². The van der Waals surface area contributed by atoms with Crippen LogP contribution >= 0.6 is 0 Å². The molecule has 19 heavy (non-hydrogen) atoms. The normalized spacial score (nSPS) is 12.9. The second-order valence-corrected chi connectivity index (χ2v) is 5.34. The van der Waals surface area contributed by atoms with Crippen LogP contribution in [-0.4, -0.2) is 6.54 Å². The van der Waals surface area contributed by atoms with E-state index >= 15 is 0 Å². The molecule has 0 saturated heterocycles. The quantitative estimate of drug-likeness (QED) is 0.656. The monoisotopic (exact) mass is 265 g/mol. The van der Waals surface area contributed by atoms with E-state index in [1.165, 1.54) is 31.2 Å². The molecule has 0 amide bonds. The minimum Gasteiger partial charge on any atom is -0.310 e. The van der Waals surface area contributed by atoms with Gasteiger partial charge >= 0.3 is 0 Å². The summed E-state index contributed by atoms with van der Waals surface area (Å²) in [6, 6.07) is 7.31. The fourth-order valence-corrected chi connectivity index (χ4v) is 2.38. The molecule has 1 aromatic carbocycles. The van der Waals surface area contributed by atoms with Gasteiger partial charge in [-0.1, -0.05) is 58.6 Å². The van der Waals surface area contributed by atoms with Gasteiger partial charge in [0.1, 0.15) is 5.82 Å². The van der Waals surface area contributed by atoms with Crippen LogP contribution in [0.15, 0.2) is 24.3 Å². The van der Waals surface area contributed by atoms with Crippen LogP contribution in [0.2, 0.25) is 0 Å². The van der Waals surface area contributed by atoms with Gasteiger partial charge in [-0.05, 0) is 36.6 Å². The molecule has 1 aromatic rings. The highest BCUT2D eigenvalue weighted by Crippen LogP contribution is 2.21. The highest BCUT2D eigenvalue weighted by Gasteiger charge is 2.12. The lowest BCUT2D eigenvalue weighted by molar-refractivity contribution is 0.394. The average Bonchev–Trinajstić information content (AvgIpc) is 2.44. The maximum atomic E-state index is 13.0. The van der Waals surface area contributed by atoms with E-state index in [4.69, 9.17) is 0 Å². The van der Waals surface area contributed by atoms with Gasteiger partial charge in [-0.15, -0.1) is 0 Å². The SMILES string of the molecule is CCCCC(NCC(CC)CC)c1ccc(F)cc1. The van der Waals surface area contributed by atoms with E-state index < -0.39 is 0 Å². The molecule has 0 aliphatic carbocycles. The minimum absolute atomic E-state index is 0.155. The molecule has 108 valence electrons. The van der Waals surface area contributed by atoms with Crippen molar-refractivity contribution in [1.29, 1.82) is 0 Å². The highest BCUT2D eigenvalue weighted by molar-refractivity contribution is 5.19. The highest BCUT2D eigenvalue weighted by atomic mass is 19.1. The molecule has 0 saturated carbocycles. The molecule has 1 N–H and O–H groups in total. The summed E-state index contributed by atoms with van der Waals surface area (Å²) >= 11 is 0. The van der Waals surface area contributed by atoms with Crippen molar-refractivity contribution in [2.75, 3.05) is 6.54 Å². The van der Waals surface area contributed by atoms with Crippen molar-refractivity contribution in [1.82, 2.24) is 5.32 Å². The minimum atomic E-state index is -0.155. The molecule has 0 bridgehead atoms. The van der Waals surface area contributed by atoms with E-state index in [-0.39, 0.29) is 5.82 Å². The number of hydrogen-bond acceptors (Lipinski definition) is 1. The zero-order valence-corrected chi connectivity index (χ0v) is 12.6. The standard InChI is InChI=1S/C17H28FN/c1-4-7-8-17(19-13-14(5-2)6-3)15-9-11-16(18)12-10-15/h9-12,14,17,19H,4-8,13H2,1-3H3. The van der Waals surface area contributed by atoms with E-state index in [1.807, 2.05) is 12.1 Å². The predicted octanol–water partition coefficient (Wildman–Crippen LogP) is 5.08. The van der Waals surface area contributed by atoms with Gasteiger partial charge in [-0.2, -0.15) is 0 Å². The first-order valence-electron chi connectivity index (χ1n) is 7.70. The average molecular weight is 265 g/mol. The molecule has 0 aromatic heterocycles. The number of nitrogens with one attached hydrogen (secondary N) is 1. The molecule has 0 heterocycles. The first kappa shape index (κ1) is 16.2. The molecule has 2 heteroatoms. The van der Waals surface area contributed by atoms with Crippen molar-refractivity contribution in [3.63, 3.8) is 0 Å². The number of benzene rings is 1. The summed E-state index contributed by atoms with van der Waals surface area (Å²) < 4.78 is 13.0. The molecule has 1 rings (SSSR count). The summed E-state index contributed by atoms with van der Waals surface area (Å²) in [5.74, 6) is 0.586. The summed E-state index contributed by atoms with van der Waals surface area (Å²) in [4.78, 5) is 0. The van der Waals surface area contributed by atoms with E-state index in [2.05, 4.69) is 26.1 Å². The van der Waals surface area contributed by atoms with Crippen molar-refractivity contribution in [3.8, 4) is 0 Å². The van der Waals surface area contributed by atoms with Crippen molar-refractivity contribution in [3.05, 3.63) is 35.6 Å². The summed E-state index contributed by atoms with van der Waals surface area (Å²) in [5.41, 5.74) is 1.21. The van der Waals surface area contributed by atoms with Gasteiger partial charge in [-0.25, -0.2) is 4.39 Å². The lowest BCUT2D eigenvalue weighted by Crippen LogP contribution is -2.27. The molecule has 1 atom stereocenters. The second-order valence-electron chi connectivity index (χ2n) is 5.34. The molecule has 0 radical (unpaired) electrons. The Balaban J connectivity index is 2.63. The van der Waals surface area contributed by atoms with Gasteiger partial charge in [0.05, 0.1) is 0 Å². The molecule has 0 aliphatic rings. The summed E-state index contributed by atoms with van der Waals surface area (Å²) in [6.45, 7) is 7.75. The lowest BCUT2D eigenvalue weighted by atomic mass is 9.98. The molecule has 1 nitrogen and oxygen atoms in total. The molecule has 0 aliphatic heterocycles. The number of rotatable bonds is 9. The fraction of sp³-hybridized carbons (Fsp3) is 0.647. The first-order chi connectivity index (χ1) is 9.21. The van der Waals surface area contributed by atoms with Crippen molar-refractivity contribution >= 4 is 0 Å². The summed E-state index contributed by atoms with van der Waals surface area (Å²) in [7, 11) is 0. The number of hydrogen-bond donors (Lipinski definition) is 1. The Hall–Kier alpha value is -0.890. The van der Waals surface area contributed by atoms with Crippen LogP contribution in [0, 0.1) is 11.7 Å². The molecular weight excluding hydrogens is 237 g/mol. The lowest BCUT2D eigenvalue weighted by Gasteiger charge is -2.22. The Morgan fingerprint density at radius 2 is 1.68 bits per heavy atom. The first-order valence-corrected chi connectivity index (χ1v) is 7.70. The maximum Gasteiger partial charge on any atom is 0.123 e. The van der Waals surface area contributed by atoms with Crippen LogP contribution in [0.5, 0.6) is 0 Å². The van der Waals surface area contributed by atoms with Gasteiger partial charge in [0.2, 0.25) is 0 Å². The van der Waals surface area contributed by atoms with Gasteiger partial charge in [0.15, 0.2) is 0 Å². The van der Waals surface area contributed by atoms with Crippen molar-refractivity contribution < 1.29 is 4.39 Å². The van der Waals surface area contributed by atoms with Crippen molar-refractivity contribution in [2.24, 2.45) is 5.92 Å². The van der Waals surface area contributed by atoms with Gasteiger partial charge < -0.3 is 5.32 Å². The second kappa shape index (κ2) is 9.08. The van der Waals surface area contributed by atoms with Gasteiger partial charge in [0.25, 0.3) is 0 Å². The fourth-order valence-electron chi connectivity index (χ4n) is 2.38. The van der Waals surface area contributed by atoms with Crippen LogP contribution in [0.1, 0.15) is 64.5 Å². The molecule has 0 fully saturated rings. The van der Waals surface area contributed by atoms with E-state index in [0.717, 1.165) is 18.9 Å². The van der Waals surface area contributed by atoms with Gasteiger partial charge in [0, 0.05) is 6.04 Å². The third kappa shape index (κ3) is 5.73. The number of halogens is 1. The predicted molar refractivity (Wildman–Crippen MR) is 80.7 cm³/mol. The van der Waals surface area contributed by atoms with Crippen molar-refractivity contribution in [2.45, 2.75) is 58.9 Å². The number of unbranched alkanes of at least 4 members (excludes halogenated alkanes) is 1. The third-order valence-electron chi connectivity index (χ3n) is 3.93. The van der Waals surface area contributed by atoms with Crippen LogP contribution in [-0.2, 0) is 0 Å². The molecule has 1 unspecified atom stereocenters. The Labute approximate surface area is 117 Å². The Bertz CT molecular complexity index is 330. The zero-order chi connectivity index (χ0) is 14.1. The smallest absolute Gasteiger partial charge is 0.123 e. The van der Waals surface area contributed by atoms with Crippen LogP contribution in [0.3, 0.4) is 0 Å². The molecule has 0 spiro atoms. The van der Waals surface area contributed by atoms with Crippen LogP contribution in [0.25, 0.3) is 0 Å². The van der Waals surface area contributed by atoms with Crippen LogP contribution in [0.4, 0.5) is 4.39 Å². The molecular formula is C17H28FN. The summed E-state index contributed by atoms with van der Waals surface area (Å²) in [5, 5.41) is 3.67. The van der Waals surface area contributed by atoms with Gasteiger partial charge in [-0.3, -0.25) is 0 Å². The maximum absolute atomic E-state index is 13.0. The van der Waals surface area contributed by atoms with E-state index in [0.29, 0.717) is 6.04 Å². The Morgan fingerprint density at radius 3 is 2.21 bits per heavy atom. The Kier molecular flexibility index (Phi) is 7.73. The largest absolute Gasteiger partial charge is 0.310 e. The summed E-state index contributed by atoms with van der Waals surface area (Å²) in [6.07, 6.45) is 5.96. The Morgan fingerprint density at radius 1 is 1.05 bits per heavy atom. The van der Waals surface area contributed by atoms with E-state index in [9.17, 15) is 4.39 Å². The third-order valence-corrected chi connectivity index (χ3v) is 3.93.